The summed E-state index contributed by atoms with van der Waals surface area (Å²) in [6, 6.07) is 5.19. The minimum absolute atomic E-state index is 0.146. The van der Waals surface area contributed by atoms with Crippen molar-refractivity contribution >= 4 is 6.08 Å². The fourth-order valence-corrected chi connectivity index (χ4v) is 1.02. The van der Waals surface area contributed by atoms with Crippen LogP contribution in [0, 0.1) is 6.92 Å². The lowest BCUT2D eigenvalue weighted by Gasteiger charge is -2.05. The van der Waals surface area contributed by atoms with Crippen LogP contribution in [0.4, 0.5) is 0 Å². The quantitative estimate of drug-likeness (QED) is 0.724. The third-order valence-corrected chi connectivity index (χ3v) is 1.53. The summed E-state index contributed by atoms with van der Waals surface area (Å²) in [6.45, 7) is 3.57. The van der Waals surface area contributed by atoms with Crippen LogP contribution in [0.25, 0.3) is 6.08 Å². The molecule has 0 unspecified atom stereocenters. The standard InChI is InChI=1S/C10H11O2/c1-3-5-8-6-4-7-9(11)10(8)12-2/h3-7,11H,1H2,2H3/b5-3+. The third kappa shape index (κ3) is 1.59. The second-order valence-electron chi connectivity index (χ2n) is 2.30. The molecule has 0 saturated carbocycles. The first kappa shape index (κ1) is 8.65. The van der Waals surface area contributed by atoms with Gasteiger partial charge in [0.25, 0.3) is 0 Å². The van der Waals surface area contributed by atoms with E-state index in [4.69, 9.17) is 4.74 Å². The van der Waals surface area contributed by atoms with E-state index in [9.17, 15) is 5.11 Å². The second-order valence-corrected chi connectivity index (χ2v) is 2.30. The van der Waals surface area contributed by atoms with Gasteiger partial charge in [0.05, 0.1) is 7.11 Å². The lowest BCUT2D eigenvalue weighted by Crippen LogP contribution is -1.86. The monoisotopic (exact) mass is 163 g/mol. The Kier molecular flexibility index (Phi) is 2.75. The highest BCUT2D eigenvalue weighted by molar-refractivity contribution is 5.62. The largest absolute Gasteiger partial charge is 0.504 e. The summed E-state index contributed by atoms with van der Waals surface area (Å²) in [5.74, 6) is 0.630. The average molecular weight is 163 g/mol. The van der Waals surface area contributed by atoms with Crippen LogP contribution in [0.15, 0.2) is 24.3 Å². The smallest absolute Gasteiger partial charge is 0.167 e. The van der Waals surface area contributed by atoms with E-state index in [1.807, 2.05) is 6.07 Å². The van der Waals surface area contributed by atoms with Gasteiger partial charge < -0.3 is 9.84 Å². The molecule has 12 heavy (non-hydrogen) atoms. The van der Waals surface area contributed by atoms with Crippen LogP contribution < -0.4 is 4.74 Å². The summed E-state index contributed by atoms with van der Waals surface area (Å²) in [7, 11) is 1.52. The number of methoxy groups -OCH3 is 1. The van der Waals surface area contributed by atoms with Crippen molar-refractivity contribution in [3.63, 3.8) is 0 Å². The van der Waals surface area contributed by atoms with Crippen LogP contribution in [0.2, 0.25) is 0 Å². The molecule has 0 saturated heterocycles. The zero-order chi connectivity index (χ0) is 8.97. The van der Waals surface area contributed by atoms with Crippen LogP contribution in [0.3, 0.4) is 0 Å². The van der Waals surface area contributed by atoms with E-state index in [0.717, 1.165) is 5.56 Å². The molecule has 63 valence electrons. The number of rotatable bonds is 2. The Morgan fingerprint density at radius 1 is 1.50 bits per heavy atom. The van der Waals surface area contributed by atoms with Gasteiger partial charge in [-0.15, -0.1) is 0 Å². The first-order valence-corrected chi connectivity index (χ1v) is 3.61. The molecular formula is C10H11O2. The van der Waals surface area contributed by atoms with Crippen molar-refractivity contribution in [2.24, 2.45) is 0 Å². The number of para-hydroxylation sites is 1. The van der Waals surface area contributed by atoms with Crippen LogP contribution >= 0.6 is 0 Å². The topological polar surface area (TPSA) is 29.5 Å². The number of phenolic OH excluding ortho intramolecular Hbond substituents is 1. The maximum Gasteiger partial charge on any atom is 0.167 e. The molecule has 0 amide bonds. The summed E-state index contributed by atoms with van der Waals surface area (Å²) in [5, 5.41) is 9.34. The van der Waals surface area contributed by atoms with Crippen molar-refractivity contribution in [3.05, 3.63) is 36.8 Å². The molecule has 0 aliphatic heterocycles. The predicted octanol–water partition coefficient (Wildman–Crippen LogP) is 2.25. The summed E-state index contributed by atoms with van der Waals surface area (Å²) in [6.07, 6.45) is 3.43. The molecule has 0 aliphatic rings. The van der Waals surface area contributed by atoms with Gasteiger partial charge in [0.15, 0.2) is 11.5 Å². The Hall–Kier alpha value is -1.44. The highest BCUT2D eigenvalue weighted by Gasteiger charge is 2.03. The molecule has 1 N–H and O–H groups in total. The van der Waals surface area contributed by atoms with Crippen LogP contribution in [0.1, 0.15) is 5.56 Å². The van der Waals surface area contributed by atoms with Gasteiger partial charge in [0.1, 0.15) is 0 Å². The fourth-order valence-electron chi connectivity index (χ4n) is 1.02. The zero-order valence-electron chi connectivity index (χ0n) is 6.95. The zero-order valence-corrected chi connectivity index (χ0v) is 6.95. The molecule has 0 aromatic heterocycles. The van der Waals surface area contributed by atoms with Crippen LogP contribution in [-0.4, -0.2) is 12.2 Å². The number of hydrogen-bond acceptors (Lipinski definition) is 2. The van der Waals surface area contributed by atoms with Gasteiger partial charge in [-0.05, 0) is 13.0 Å². The maximum absolute atomic E-state index is 9.34. The fraction of sp³-hybridized carbons (Fsp3) is 0.100. The molecule has 1 rings (SSSR count). The maximum atomic E-state index is 9.34. The van der Waals surface area contributed by atoms with E-state index in [1.165, 1.54) is 7.11 Å². The molecule has 0 spiro atoms. The number of allylic oxidation sites excluding steroid dienone is 1. The van der Waals surface area contributed by atoms with Crippen molar-refractivity contribution < 1.29 is 9.84 Å². The molecule has 0 bridgehead atoms. The molecule has 0 atom stereocenters. The molecule has 0 aliphatic carbocycles. The number of aromatic hydroxyl groups is 1. The first-order valence-electron chi connectivity index (χ1n) is 3.61. The van der Waals surface area contributed by atoms with Gasteiger partial charge in [-0.2, -0.15) is 0 Å². The average Bonchev–Trinajstić information content (AvgIpc) is 2.05. The van der Waals surface area contributed by atoms with Gasteiger partial charge in [0.2, 0.25) is 0 Å². The third-order valence-electron chi connectivity index (χ3n) is 1.53. The van der Waals surface area contributed by atoms with Crippen molar-refractivity contribution in [3.8, 4) is 11.5 Å². The van der Waals surface area contributed by atoms with Crippen molar-refractivity contribution in [2.75, 3.05) is 7.11 Å². The summed E-state index contributed by atoms with van der Waals surface area (Å²) in [4.78, 5) is 0. The van der Waals surface area contributed by atoms with E-state index < -0.39 is 0 Å². The first-order chi connectivity index (χ1) is 5.79. The predicted molar refractivity (Wildman–Crippen MR) is 49.0 cm³/mol. The van der Waals surface area contributed by atoms with E-state index in [1.54, 1.807) is 24.3 Å². The Morgan fingerprint density at radius 3 is 2.83 bits per heavy atom. The molecule has 1 aromatic carbocycles. The number of benzene rings is 1. The van der Waals surface area contributed by atoms with Gasteiger partial charge in [0, 0.05) is 5.56 Å². The van der Waals surface area contributed by atoms with Gasteiger partial charge in [-0.3, -0.25) is 0 Å². The van der Waals surface area contributed by atoms with E-state index in [-0.39, 0.29) is 5.75 Å². The van der Waals surface area contributed by atoms with Crippen molar-refractivity contribution in [2.45, 2.75) is 0 Å². The van der Waals surface area contributed by atoms with Crippen molar-refractivity contribution in [1.82, 2.24) is 0 Å². The summed E-state index contributed by atoms with van der Waals surface area (Å²) < 4.78 is 5.00. The number of hydrogen-bond donors (Lipinski definition) is 1. The minimum Gasteiger partial charge on any atom is -0.504 e. The summed E-state index contributed by atoms with van der Waals surface area (Å²) >= 11 is 0. The van der Waals surface area contributed by atoms with E-state index in [0.29, 0.717) is 5.75 Å². The lowest BCUT2D eigenvalue weighted by atomic mass is 10.2. The van der Waals surface area contributed by atoms with E-state index >= 15 is 0 Å². The van der Waals surface area contributed by atoms with Gasteiger partial charge in [-0.1, -0.05) is 24.3 Å². The molecule has 1 radical (unpaired) electrons. The molecule has 0 heterocycles. The van der Waals surface area contributed by atoms with Gasteiger partial charge in [-0.25, -0.2) is 0 Å². The number of phenols is 1. The van der Waals surface area contributed by atoms with Crippen molar-refractivity contribution in [1.29, 1.82) is 0 Å². The van der Waals surface area contributed by atoms with Gasteiger partial charge >= 0.3 is 0 Å². The number of ether oxygens (including phenoxy) is 1. The lowest BCUT2D eigenvalue weighted by molar-refractivity contribution is 0.372. The second kappa shape index (κ2) is 3.81. The normalized spacial score (nSPS) is 10.5. The molecular weight excluding hydrogens is 152 g/mol. The Balaban J connectivity index is 3.18. The summed E-state index contributed by atoms with van der Waals surface area (Å²) in [5.41, 5.74) is 0.826. The van der Waals surface area contributed by atoms with E-state index in [2.05, 4.69) is 6.92 Å². The minimum atomic E-state index is 0.146. The molecule has 0 fully saturated rings. The molecule has 2 nitrogen and oxygen atoms in total. The molecule has 1 aromatic rings. The SMILES string of the molecule is [CH2]/C=C/c1cccc(O)c1OC. The van der Waals surface area contributed by atoms with Crippen LogP contribution in [0.5, 0.6) is 11.5 Å². The Morgan fingerprint density at radius 2 is 2.25 bits per heavy atom. The Labute approximate surface area is 72.1 Å². The highest BCUT2D eigenvalue weighted by Crippen LogP contribution is 2.30. The highest BCUT2D eigenvalue weighted by atomic mass is 16.5. The van der Waals surface area contributed by atoms with Crippen LogP contribution in [-0.2, 0) is 0 Å². The molecule has 2 heteroatoms. The Bertz CT molecular complexity index is 290.